The molecule has 1 fully saturated rings. The van der Waals surface area contributed by atoms with Gasteiger partial charge in [0.15, 0.2) is 0 Å². The fourth-order valence-electron chi connectivity index (χ4n) is 2.34. The van der Waals surface area contributed by atoms with Crippen molar-refractivity contribution in [2.75, 3.05) is 19.6 Å². The highest BCUT2D eigenvalue weighted by Crippen LogP contribution is 2.20. The van der Waals surface area contributed by atoms with E-state index in [0.717, 1.165) is 17.5 Å². The number of piperidine rings is 1. The highest BCUT2D eigenvalue weighted by molar-refractivity contribution is 6.30. The van der Waals surface area contributed by atoms with Crippen LogP contribution < -0.4 is 5.73 Å². The van der Waals surface area contributed by atoms with Crippen molar-refractivity contribution < 1.29 is 0 Å². The van der Waals surface area contributed by atoms with E-state index >= 15 is 0 Å². The molecule has 0 bridgehead atoms. The smallest absolute Gasteiger partial charge is 0.0424 e. The second-order valence-electron chi connectivity index (χ2n) is 5.14. The Hall–Kier alpha value is -0.570. The molecular weight excluding hydrogens is 232 g/mol. The molecule has 0 aromatic heterocycles. The quantitative estimate of drug-likeness (QED) is 0.896. The van der Waals surface area contributed by atoms with Crippen molar-refractivity contribution in [3.63, 3.8) is 0 Å². The number of nitrogens with two attached hydrogens (primary N) is 1. The van der Waals surface area contributed by atoms with Crippen LogP contribution in [-0.4, -0.2) is 24.5 Å². The maximum atomic E-state index is 6.23. The molecule has 0 radical (unpaired) electrons. The van der Waals surface area contributed by atoms with Gasteiger partial charge in [-0.1, -0.05) is 30.7 Å². The minimum Gasteiger partial charge on any atom is -0.323 e. The number of benzene rings is 1. The van der Waals surface area contributed by atoms with Gasteiger partial charge in [0.05, 0.1) is 0 Å². The fraction of sp³-hybridized carbons (Fsp3) is 0.571. The lowest BCUT2D eigenvalue weighted by Gasteiger charge is -2.32. The van der Waals surface area contributed by atoms with Crippen molar-refractivity contribution in [2.45, 2.75) is 25.8 Å². The monoisotopic (exact) mass is 252 g/mol. The van der Waals surface area contributed by atoms with E-state index in [1.807, 2.05) is 24.3 Å². The summed E-state index contributed by atoms with van der Waals surface area (Å²) in [6.07, 6.45) is 2.60. The lowest BCUT2D eigenvalue weighted by molar-refractivity contribution is 0.183. The molecular formula is C14H21ClN2. The number of nitrogens with zero attached hydrogens (tertiary/aromatic N) is 1. The Morgan fingerprint density at radius 1 is 1.29 bits per heavy atom. The number of halogens is 1. The summed E-state index contributed by atoms with van der Waals surface area (Å²) in [7, 11) is 0. The molecule has 2 N–H and O–H groups in total. The van der Waals surface area contributed by atoms with Crippen molar-refractivity contribution >= 4 is 11.6 Å². The number of likely N-dealkylation sites (tertiary alicyclic amines) is 1. The van der Waals surface area contributed by atoms with Crippen LogP contribution in [0.3, 0.4) is 0 Å². The SMILES string of the molecule is CC1CCN(CC(N)c2ccc(Cl)cc2)CC1. The van der Waals surface area contributed by atoms with Crippen LogP contribution in [0.2, 0.25) is 5.02 Å². The summed E-state index contributed by atoms with van der Waals surface area (Å²) < 4.78 is 0. The predicted octanol–water partition coefficient (Wildman–Crippen LogP) is 3.07. The first-order chi connectivity index (χ1) is 8.15. The van der Waals surface area contributed by atoms with Gasteiger partial charge in [-0.15, -0.1) is 0 Å². The van der Waals surface area contributed by atoms with Crippen molar-refractivity contribution in [1.29, 1.82) is 0 Å². The van der Waals surface area contributed by atoms with Gasteiger partial charge in [0, 0.05) is 17.6 Å². The van der Waals surface area contributed by atoms with Crippen LogP contribution in [0.25, 0.3) is 0 Å². The van der Waals surface area contributed by atoms with E-state index in [-0.39, 0.29) is 6.04 Å². The maximum Gasteiger partial charge on any atom is 0.0424 e. The van der Waals surface area contributed by atoms with Crippen molar-refractivity contribution in [2.24, 2.45) is 11.7 Å². The minimum absolute atomic E-state index is 0.0978. The first-order valence-corrected chi connectivity index (χ1v) is 6.76. The molecule has 1 saturated heterocycles. The van der Waals surface area contributed by atoms with Gasteiger partial charge in [-0.05, 0) is 49.5 Å². The van der Waals surface area contributed by atoms with Crippen LogP contribution in [-0.2, 0) is 0 Å². The van der Waals surface area contributed by atoms with E-state index in [0.29, 0.717) is 0 Å². The van der Waals surface area contributed by atoms with Crippen LogP contribution >= 0.6 is 11.6 Å². The molecule has 1 unspecified atom stereocenters. The van der Waals surface area contributed by atoms with Gasteiger partial charge in [0.1, 0.15) is 0 Å². The van der Waals surface area contributed by atoms with Crippen LogP contribution in [0, 0.1) is 5.92 Å². The van der Waals surface area contributed by atoms with Crippen molar-refractivity contribution in [3.05, 3.63) is 34.9 Å². The molecule has 0 saturated carbocycles. The van der Waals surface area contributed by atoms with Crippen molar-refractivity contribution in [3.8, 4) is 0 Å². The summed E-state index contributed by atoms with van der Waals surface area (Å²) in [5.41, 5.74) is 7.40. The molecule has 0 amide bonds. The molecule has 1 heterocycles. The maximum absolute atomic E-state index is 6.23. The topological polar surface area (TPSA) is 29.3 Å². The van der Waals surface area contributed by atoms with Gasteiger partial charge in [0.2, 0.25) is 0 Å². The van der Waals surface area contributed by atoms with Gasteiger partial charge in [-0.2, -0.15) is 0 Å². The Labute approximate surface area is 109 Å². The van der Waals surface area contributed by atoms with Gasteiger partial charge < -0.3 is 10.6 Å². The average Bonchev–Trinajstić information content (AvgIpc) is 2.33. The van der Waals surface area contributed by atoms with E-state index in [2.05, 4.69) is 11.8 Å². The summed E-state index contributed by atoms with van der Waals surface area (Å²) in [4.78, 5) is 2.47. The molecule has 1 aromatic rings. The van der Waals surface area contributed by atoms with Crippen LogP contribution in [0.15, 0.2) is 24.3 Å². The van der Waals surface area contributed by atoms with Crippen LogP contribution in [0.1, 0.15) is 31.4 Å². The number of hydrogen-bond donors (Lipinski definition) is 1. The van der Waals surface area contributed by atoms with E-state index in [9.17, 15) is 0 Å². The summed E-state index contributed by atoms with van der Waals surface area (Å²) >= 11 is 5.87. The third kappa shape index (κ3) is 3.70. The summed E-state index contributed by atoms with van der Waals surface area (Å²) in [5, 5.41) is 0.771. The highest BCUT2D eigenvalue weighted by Gasteiger charge is 2.18. The first kappa shape index (κ1) is 12.9. The molecule has 2 nitrogen and oxygen atoms in total. The number of hydrogen-bond acceptors (Lipinski definition) is 2. The highest BCUT2D eigenvalue weighted by atomic mass is 35.5. The normalized spacial score (nSPS) is 20.4. The van der Waals surface area contributed by atoms with Gasteiger partial charge >= 0.3 is 0 Å². The lowest BCUT2D eigenvalue weighted by Crippen LogP contribution is -2.38. The number of rotatable bonds is 3. The minimum atomic E-state index is 0.0978. The summed E-state index contributed by atoms with van der Waals surface area (Å²) in [6, 6.07) is 7.98. The molecule has 94 valence electrons. The zero-order chi connectivity index (χ0) is 12.3. The van der Waals surface area contributed by atoms with E-state index in [4.69, 9.17) is 17.3 Å². The molecule has 0 spiro atoms. The van der Waals surface area contributed by atoms with Gasteiger partial charge in [0.25, 0.3) is 0 Å². The molecule has 2 rings (SSSR count). The third-order valence-electron chi connectivity index (χ3n) is 3.63. The zero-order valence-electron chi connectivity index (χ0n) is 10.4. The molecule has 17 heavy (non-hydrogen) atoms. The Kier molecular flexibility index (Phi) is 4.43. The van der Waals surface area contributed by atoms with Gasteiger partial charge in [-0.3, -0.25) is 0 Å². The summed E-state index contributed by atoms with van der Waals surface area (Å²) in [6.45, 7) is 5.65. The second-order valence-corrected chi connectivity index (χ2v) is 5.58. The standard InChI is InChI=1S/C14H21ClN2/c1-11-6-8-17(9-7-11)10-14(16)12-2-4-13(15)5-3-12/h2-5,11,14H,6-10,16H2,1H3. The van der Waals surface area contributed by atoms with E-state index < -0.39 is 0 Å². The molecule has 3 heteroatoms. The Balaban J connectivity index is 1.88. The van der Waals surface area contributed by atoms with Crippen molar-refractivity contribution in [1.82, 2.24) is 4.90 Å². The fourth-order valence-corrected chi connectivity index (χ4v) is 2.46. The Bertz CT molecular complexity index is 342. The van der Waals surface area contributed by atoms with E-state index in [1.165, 1.54) is 31.5 Å². The third-order valence-corrected chi connectivity index (χ3v) is 3.88. The first-order valence-electron chi connectivity index (χ1n) is 6.38. The Morgan fingerprint density at radius 2 is 1.88 bits per heavy atom. The predicted molar refractivity (Wildman–Crippen MR) is 73.2 cm³/mol. The average molecular weight is 253 g/mol. The van der Waals surface area contributed by atoms with Crippen LogP contribution in [0.5, 0.6) is 0 Å². The largest absolute Gasteiger partial charge is 0.323 e. The molecule has 1 atom stereocenters. The Morgan fingerprint density at radius 3 is 2.47 bits per heavy atom. The molecule has 1 aromatic carbocycles. The van der Waals surface area contributed by atoms with E-state index in [1.54, 1.807) is 0 Å². The molecule has 1 aliphatic heterocycles. The summed E-state index contributed by atoms with van der Waals surface area (Å²) in [5.74, 6) is 0.873. The lowest BCUT2D eigenvalue weighted by atomic mass is 9.98. The zero-order valence-corrected chi connectivity index (χ0v) is 11.2. The molecule has 1 aliphatic rings. The van der Waals surface area contributed by atoms with Crippen LogP contribution in [0.4, 0.5) is 0 Å². The van der Waals surface area contributed by atoms with Gasteiger partial charge in [-0.25, -0.2) is 0 Å². The molecule has 0 aliphatic carbocycles. The second kappa shape index (κ2) is 5.85.